The van der Waals surface area contributed by atoms with Gasteiger partial charge in [0, 0.05) is 43.8 Å². The van der Waals surface area contributed by atoms with Gasteiger partial charge in [0.05, 0.1) is 17.6 Å². The molecule has 0 unspecified atom stereocenters. The first kappa shape index (κ1) is 22.2. The van der Waals surface area contributed by atoms with Crippen molar-refractivity contribution >= 4 is 27.3 Å². The molecule has 1 aromatic heterocycles. The standard InChI is InChI=1S/C21H27N3O5S2/c1-28-20(25)16-2-4-19(5-3-16)31(26,27)24-13-6-17(7-14-24)23-11-8-18(9-12-23)29-21-22-10-15-30-21/h2-5,10,15,17-18H,6-9,11-14H2,1H3. The number of rotatable bonds is 6. The predicted molar refractivity (Wildman–Crippen MR) is 117 cm³/mol. The molecule has 0 bridgehead atoms. The molecule has 0 spiro atoms. The quantitative estimate of drug-likeness (QED) is 0.606. The van der Waals surface area contributed by atoms with Crippen LogP contribution in [0.15, 0.2) is 40.7 Å². The van der Waals surface area contributed by atoms with E-state index in [1.54, 1.807) is 10.5 Å². The average Bonchev–Trinajstić information content (AvgIpc) is 3.32. The molecule has 8 nitrogen and oxygen atoms in total. The Kier molecular flexibility index (Phi) is 6.90. The largest absolute Gasteiger partial charge is 0.467 e. The molecule has 2 fully saturated rings. The van der Waals surface area contributed by atoms with E-state index in [1.165, 1.54) is 42.7 Å². The minimum absolute atomic E-state index is 0.204. The number of methoxy groups -OCH3 is 1. The molecule has 4 rings (SSSR count). The Morgan fingerprint density at radius 3 is 2.32 bits per heavy atom. The topological polar surface area (TPSA) is 89.0 Å². The van der Waals surface area contributed by atoms with E-state index in [0.717, 1.165) is 44.0 Å². The number of carbonyl (C=O) groups is 1. The molecule has 2 saturated heterocycles. The first-order valence-corrected chi connectivity index (χ1v) is 12.8. The number of thiazole rings is 1. The minimum Gasteiger partial charge on any atom is -0.467 e. The molecule has 2 aromatic rings. The second-order valence-corrected chi connectivity index (χ2v) is 10.6. The molecule has 0 saturated carbocycles. The third-order valence-electron chi connectivity index (χ3n) is 6.01. The maximum absolute atomic E-state index is 13.0. The molecule has 10 heteroatoms. The zero-order chi connectivity index (χ0) is 21.8. The van der Waals surface area contributed by atoms with Crippen molar-refractivity contribution < 1.29 is 22.7 Å². The molecule has 0 N–H and O–H groups in total. The first-order chi connectivity index (χ1) is 15.0. The Labute approximate surface area is 186 Å². The fourth-order valence-corrected chi connectivity index (χ4v) is 6.27. The highest BCUT2D eigenvalue weighted by Crippen LogP contribution is 2.27. The highest BCUT2D eigenvalue weighted by molar-refractivity contribution is 7.89. The Balaban J connectivity index is 1.28. The van der Waals surface area contributed by atoms with Crippen LogP contribution in [0.3, 0.4) is 0 Å². The number of aromatic nitrogens is 1. The highest BCUT2D eigenvalue weighted by Gasteiger charge is 2.33. The van der Waals surface area contributed by atoms with E-state index in [0.29, 0.717) is 24.7 Å². The maximum atomic E-state index is 13.0. The van der Waals surface area contributed by atoms with Gasteiger partial charge in [-0.25, -0.2) is 18.2 Å². The predicted octanol–water partition coefficient (Wildman–Crippen LogP) is 2.63. The zero-order valence-electron chi connectivity index (χ0n) is 17.5. The van der Waals surface area contributed by atoms with Crippen molar-refractivity contribution in [3.05, 3.63) is 41.4 Å². The van der Waals surface area contributed by atoms with Crippen LogP contribution in [0.1, 0.15) is 36.0 Å². The number of hydrogen-bond donors (Lipinski definition) is 0. The number of benzene rings is 1. The van der Waals surface area contributed by atoms with Gasteiger partial charge in [0.25, 0.3) is 5.19 Å². The van der Waals surface area contributed by atoms with E-state index in [4.69, 9.17) is 4.74 Å². The van der Waals surface area contributed by atoms with E-state index in [-0.39, 0.29) is 11.0 Å². The SMILES string of the molecule is COC(=O)c1ccc(S(=O)(=O)N2CCC(N3CCC(Oc4nccs4)CC3)CC2)cc1. The van der Waals surface area contributed by atoms with Crippen LogP contribution in [0.5, 0.6) is 5.19 Å². The van der Waals surface area contributed by atoms with Crippen LogP contribution in [-0.4, -0.2) is 74.0 Å². The molecule has 3 heterocycles. The lowest BCUT2D eigenvalue weighted by Gasteiger charge is -2.41. The summed E-state index contributed by atoms with van der Waals surface area (Å²) in [5.74, 6) is -0.481. The molecule has 2 aliphatic heterocycles. The number of sulfonamides is 1. The Morgan fingerprint density at radius 2 is 1.74 bits per heavy atom. The Morgan fingerprint density at radius 1 is 1.06 bits per heavy atom. The molecular formula is C21H27N3O5S2. The van der Waals surface area contributed by atoms with E-state index >= 15 is 0 Å². The van der Waals surface area contributed by atoms with Gasteiger partial charge >= 0.3 is 5.97 Å². The van der Waals surface area contributed by atoms with Crippen LogP contribution in [0.4, 0.5) is 0 Å². The fourth-order valence-electron chi connectivity index (χ4n) is 4.25. The van der Waals surface area contributed by atoms with Crippen molar-refractivity contribution in [1.29, 1.82) is 0 Å². The van der Waals surface area contributed by atoms with Crippen molar-refractivity contribution in [2.45, 2.75) is 42.7 Å². The van der Waals surface area contributed by atoms with Crippen LogP contribution in [0.25, 0.3) is 0 Å². The van der Waals surface area contributed by atoms with Gasteiger partial charge in [-0.3, -0.25) is 0 Å². The van der Waals surface area contributed by atoms with Crippen molar-refractivity contribution in [3.8, 4) is 5.19 Å². The number of likely N-dealkylation sites (tertiary alicyclic amines) is 1. The van der Waals surface area contributed by atoms with Crippen LogP contribution >= 0.6 is 11.3 Å². The molecule has 1 aromatic carbocycles. The summed E-state index contributed by atoms with van der Waals surface area (Å²) in [4.78, 5) is 18.4. The van der Waals surface area contributed by atoms with Gasteiger partial charge in [-0.15, -0.1) is 0 Å². The summed E-state index contributed by atoms with van der Waals surface area (Å²) in [7, 11) is -2.27. The summed E-state index contributed by atoms with van der Waals surface area (Å²) < 4.78 is 38.1. The Bertz CT molecular complexity index is 963. The molecule has 2 aliphatic rings. The Hall–Kier alpha value is -2.01. The van der Waals surface area contributed by atoms with E-state index in [1.807, 2.05) is 5.38 Å². The lowest BCUT2D eigenvalue weighted by molar-refractivity contribution is 0.0583. The van der Waals surface area contributed by atoms with Gasteiger partial charge < -0.3 is 14.4 Å². The van der Waals surface area contributed by atoms with Crippen LogP contribution in [-0.2, 0) is 14.8 Å². The molecule has 168 valence electrons. The number of carbonyl (C=O) groups excluding carboxylic acids is 1. The van der Waals surface area contributed by atoms with Crippen LogP contribution in [0, 0.1) is 0 Å². The van der Waals surface area contributed by atoms with Gasteiger partial charge in [-0.05, 0) is 49.9 Å². The first-order valence-electron chi connectivity index (χ1n) is 10.5. The maximum Gasteiger partial charge on any atom is 0.337 e. The molecule has 31 heavy (non-hydrogen) atoms. The van der Waals surface area contributed by atoms with E-state index in [9.17, 15) is 13.2 Å². The lowest BCUT2D eigenvalue weighted by Crippen LogP contribution is -2.50. The van der Waals surface area contributed by atoms with Gasteiger partial charge in [0.2, 0.25) is 10.0 Å². The number of nitrogens with zero attached hydrogens (tertiary/aromatic N) is 3. The highest BCUT2D eigenvalue weighted by atomic mass is 32.2. The van der Waals surface area contributed by atoms with Crippen LogP contribution in [0.2, 0.25) is 0 Å². The summed E-state index contributed by atoms with van der Waals surface area (Å²) in [6.45, 7) is 2.92. The summed E-state index contributed by atoms with van der Waals surface area (Å²) in [5.41, 5.74) is 0.336. The monoisotopic (exact) mass is 465 g/mol. The summed E-state index contributed by atoms with van der Waals surface area (Å²) in [6.07, 6.45) is 5.52. The van der Waals surface area contributed by atoms with Gasteiger partial charge in [-0.1, -0.05) is 11.3 Å². The van der Waals surface area contributed by atoms with Crippen molar-refractivity contribution in [3.63, 3.8) is 0 Å². The molecule has 0 atom stereocenters. The summed E-state index contributed by atoms with van der Waals surface area (Å²) in [6, 6.07) is 6.32. The van der Waals surface area contributed by atoms with E-state index in [2.05, 4.69) is 14.6 Å². The normalized spacial score (nSPS) is 19.9. The number of piperidine rings is 2. The smallest absolute Gasteiger partial charge is 0.337 e. The third kappa shape index (κ3) is 5.08. The van der Waals surface area contributed by atoms with E-state index < -0.39 is 16.0 Å². The van der Waals surface area contributed by atoms with Crippen molar-refractivity contribution in [1.82, 2.24) is 14.2 Å². The molecule has 0 amide bonds. The van der Waals surface area contributed by atoms with Gasteiger partial charge in [0.1, 0.15) is 6.10 Å². The van der Waals surface area contributed by atoms with Gasteiger partial charge in [0.15, 0.2) is 0 Å². The third-order valence-corrected chi connectivity index (χ3v) is 8.58. The summed E-state index contributed by atoms with van der Waals surface area (Å²) >= 11 is 1.52. The fraction of sp³-hybridized carbons (Fsp3) is 0.524. The molecule has 0 aliphatic carbocycles. The number of hydrogen-bond acceptors (Lipinski definition) is 8. The summed E-state index contributed by atoms with van der Waals surface area (Å²) in [5, 5.41) is 2.65. The van der Waals surface area contributed by atoms with Gasteiger partial charge in [-0.2, -0.15) is 4.31 Å². The molecule has 0 radical (unpaired) electrons. The van der Waals surface area contributed by atoms with Crippen molar-refractivity contribution in [2.75, 3.05) is 33.3 Å². The second-order valence-electron chi connectivity index (χ2n) is 7.80. The average molecular weight is 466 g/mol. The zero-order valence-corrected chi connectivity index (χ0v) is 19.1. The minimum atomic E-state index is -3.57. The lowest BCUT2D eigenvalue weighted by atomic mass is 10.00. The molecular weight excluding hydrogens is 438 g/mol. The number of ether oxygens (including phenoxy) is 2. The second kappa shape index (κ2) is 9.64. The van der Waals surface area contributed by atoms with Crippen LogP contribution < -0.4 is 4.74 Å². The number of esters is 1. The van der Waals surface area contributed by atoms with Crippen molar-refractivity contribution in [2.24, 2.45) is 0 Å².